The number of benzene rings is 4. The van der Waals surface area contributed by atoms with Crippen molar-refractivity contribution in [2.45, 2.75) is 65.1 Å². The highest BCUT2D eigenvalue weighted by atomic mass is 32.1. The summed E-state index contributed by atoms with van der Waals surface area (Å²) >= 11 is 5.99. The van der Waals surface area contributed by atoms with E-state index in [1.165, 1.54) is 0 Å². The Morgan fingerprint density at radius 3 is 1.73 bits per heavy atom. The minimum Gasteiger partial charge on any atom is -0.497 e. The van der Waals surface area contributed by atoms with Gasteiger partial charge in [0.1, 0.15) is 39.2 Å². The molecular weight excluding hydrogens is 688 g/mol. The molecule has 4 aromatic carbocycles. The molecule has 0 unspecified atom stereocenters. The number of hydrogen-bond acceptors (Lipinski definition) is 6. The number of ether oxygens (including phenoxy) is 3. The molecule has 5 rings (SSSR count). The van der Waals surface area contributed by atoms with Crippen LogP contribution in [0.3, 0.4) is 0 Å². The molecule has 0 spiro atoms. The molecule has 4 aromatic rings. The van der Waals surface area contributed by atoms with E-state index in [9.17, 15) is 4.79 Å². The van der Waals surface area contributed by atoms with Crippen LogP contribution in [-0.4, -0.2) is 62.1 Å². The maximum Gasteiger partial charge on any atom is 0.245 e. The number of nitrogens with zero attached hydrogens (tertiary/aromatic N) is 2. The van der Waals surface area contributed by atoms with Crippen LogP contribution in [0.25, 0.3) is 0 Å². The Labute approximate surface area is 315 Å². The SMILES string of the molecule is COc1ccc([P+](N=C2CCCC[C@H]2NC(=S)N[C@H](C(=O)N(C)Cc2ccccc2)C(C)(C)C)(c2ccc(OC)cc2)c2ccc(OC)cc2)cc1. The fourth-order valence-corrected chi connectivity index (χ4v) is 10.5. The van der Waals surface area contributed by atoms with Gasteiger partial charge in [-0.25, -0.2) is 0 Å². The highest BCUT2D eigenvalue weighted by Gasteiger charge is 2.48. The van der Waals surface area contributed by atoms with Gasteiger partial charge in [0.15, 0.2) is 5.11 Å². The molecule has 1 amide bonds. The molecule has 1 aliphatic rings. The highest BCUT2D eigenvalue weighted by Crippen LogP contribution is 2.58. The molecule has 8 nitrogen and oxygen atoms in total. The van der Waals surface area contributed by atoms with E-state index >= 15 is 0 Å². The fourth-order valence-electron chi connectivity index (χ4n) is 6.61. The van der Waals surface area contributed by atoms with Crippen molar-refractivity contribution in [1.82, 2.24) is 15.5 Å². The van der Waals surface area contributed by atoms with Crippen LogP contribution in [0, 0.1) is 5.41 Å². The van der Waals surface area contributed by atoms with Gasteiger partial charge in [-0.05, 0) is 115 Å². The Balaban J connectivity index is 1.53. The molecule has 1 aliphatic carbocycles. The van der Waals surface area contributed by atoms with Crippen molar-refractivity contribution < 1.29 is 19.0 Å². The van der Waals surface area contributed by atoms with Crippen LogP contribution in [-0.2, 0) is 11.3 Å². The van der Waals surface area contributed by atoms with E-state index in [4.69, 9.17) is 31.2 Å². The first-order valence-corrected chi connectivity index (χ1v) is 19.9. The molecule has 2 N–H and O–H groups in total. The molecule has 0 radical (unpaired) electrons. The van der Waals surface area contributed by atoms with E-state index in [2.05, 4.69) is 67.8 Å². The van der Waals surface area contributed by atoms with Crippen molar-refractivity contribution in [2.75, 3.05) is 28.4 Å². The summed E-state index contributed by atoms with van der Waals surface area (Å²) < 4.78 is 22.6. The lowest BCUT2D eigenvalue weighted by molar-refractivity contribution is -0.134. The van der Waals surface area contributed by atoms with Crippen LogP contribution >= 0.6 is 19.6 Å². The summed E-state index contributed by atoms with van der Waals surface area (Å²) in [5.41, 5.74) is 1.74. The number of nitrogens with one attached hydrogen (secondary N) is 2. The van der Waals surface area contributed by atoms with Gasteiger partial charge in [-0.15, -0.1) is 4.76 Å². The van der Waals surface area contributed by atoms with E-state index in [-0.39, 0.29) is 11.9 Å². The van der Waals surface area contributed by atoms with E-state index in [1.54, 1.807) is 26.2 Å². The van der Waals surface area contributed by atoms with Gasteiger partial charge in [0.2, 0.25) is 13.3 Å². The summed E-state index contributed by atoms with van der Waals surface area (Å²) in [5, 5.41) is 10.8. The quantitative estimate of drug-likeness (QED) is 0.122. The summed E-state index contributed by atoms with van der Waals surface area (Å²) in [6, 6.07) is 34.2. The molecule has 0 aromatic heterocycles. The van der Waals surface area contributed by atoms with Gasteiger partial charge in [0.25, 0.3) is 0 Å². The lowest BCUT2D eigenvalue weighted by Gasteiger charge is -2.35. The third-order valence-corrected chi connectivity index (χ3v) is 13.5. The Morgan fingerprint density at radius 1 is 0.808 bits per heavy atom. The second-order valence-corrected chi connectivity index (χ2v) is 17.6. The smallest absolute Gasteiger partial charge is 0.245 e. The van der Waals surface area contributed by atoms with Gasteiger partial charge in [0.05, 0.1) is 33.1 Å². The van der Waals surface area contributed by atoms with Gasteiger partial charge >= 0.3 is 0 Å². The van der Waals surface area contributed by atoms with Crippen LogP contribution in [0.15, 0.2) is 108 Å². The number of carbonyl (C=O) groups is 1. The lowest BCUT2D eigenvalue weighted by atomic mass is 9.85. The first kappa shape index (κ1) is 38.8. The molecule has 1 fully saturated rings. The molecule has 0 bridgehead atoms. The number of rotatable bonds is 12. The average molecular weight is 740 g/mol. The van der Waals surface area contributed by atoms with Crippen molar-refractivity contribution in [3.05, 3.63) is 109 Å². The Kier molecular flexibility index (Phi) is 12.9. The topological polar surface area (TPSA) is 84.4 Å². The van der Waals surface area contributed by atoms with Crippen LogP contribution in [0.1, 0.15) is 52.0 Å². The number of amides is 1. The first-order valence-electron chi connectivity index (χ1n) is 17.8. The molecule has 0 heterocycles. The van der Waals surface area contributed by atoms with Crippen LogP contribution in [0.5, 0.6) is 17.2 Å². The maximum absolute atomic E-state index is 13.9. The summed E-state index contributed by atoms with van der Waals surface area (Å²) in [4.78, 5) is 15.7. The second-order valence-electron chi connectivity index (χ2n) is 14.2. The van der Waals surface area contributed by atoms with E-state index in [0.29, 0.717) is 11.7 Å². The number of carbonyl (C=O) groups excluding carboxylic acids is 1. The predicted molar refractivity (Wildman–Crippen MR) is 220 cm³/mol. The highest BCUT2D eigenvalue weighted by molar-refractivity contribution is 7.94. The first-order chi connectivity index (χ1) is 25.0. The molecule has 52 heavy (non-hydrogen) atoms. The second kappa shape index (κ2) is 17.4. The molecule has 2 atom stereocenters. The molecule has 10 heteroatoms. The van der Waals surface area contributed by atoms with Crippen molar-refractivity contribution >= 4 is 52.3 Å². The number of likely N-dealkylation sites (N-methyl/N-ethyl adjacent to an activating group) is 1. The van der Waals surface area contributed by atoms with Crippen LogP contribution < -0.4 is 40.8 Å². The van der Waals surface area contributed by atoms with Crippen molar-refractivity contribution in [1.29, 1.82) is 0 Å². The largest absolute Gasteiger partial charge is 0.497 e. The van der Waals surface area contributed by atoms with E-state index < -0.39 is 18.9 Å². The molecule has 274 valence electrons. The van der Waals surface area contributed by atoms with Gasteiger partial charge in [-0.2, -0.15) is 0 Å². The van der Waals surface area contributed by atoms with Gasteiger partial charge in [0, 0.05) is 13.6 Å². The summed E-state index contributed by atoms with van der Waals surface area (Å²) in [6.45, 7) is 6.70. The van der Waals surface area contributed by atoms with Gasteiger partial charge in [-0.3, -0.25) is 4.79 Å². The normalized spacial score (nSPS) is 16.1. The maximum atomic E-state index is 13.9. The number of hydrogen-bond donors (Lipinski definition) is 2. The fraction of sp³-hybridized carbons (Fsp3) is 0.357. The zero-order valence-electron chi connectivity index (χ0n) is 31.4. The third kappa shape index (κ3) is 9.12. The number of methoxy groups -OCH3 is 3. The van der Waals surface area contributed by atoms with Gasteiger partial charge in [-0.1, -0.05) is 57.5 Å². The Morgan fingerprint density at radius 2 is 1.29 bits per heavy atom. The van der Waals surface area contributed by atoms with Crippen LogP contribution in [0.4, 0.5) is 0 Å². The van der Waals surface area contributed by atoms with Crippen LogP contribution in [0.2, 0.25) is 0 Å². The summed E-state index contributed by atoms with van der Waals surface area (Å²) in [6.07, 6.45) is 3.76. The van der Waals surface area contributed by atoms with Crippen molar-refractivity contribution in [3.63, 3.8) is 0 Å². The summed E-state index contributed by atoms with van der Waals surface area (Å²) in [7, 11) is 4.23. The minimum atomic E-state index is -2.65. The van der Waals surface area contributed by atoms with E-state index in [1.807, 2.05) is 73.8 Å². The summed E-state index contributed by atoms with van der Waals surface area (Å²) in [5.74, 6) is 2.33. The standard InChI is InChI=1S/C42H51N4O4PS/c1-42(2,3)39(40(47)46(4)29-30-13-9-8-10-14-30)44-41(52)43-37-15-11-12-16-38(37)45-51(34-23-17-31(48-5)18-24-34,35-25-19-32(49-6)20-26-35)36-27-21-33(50-7)22-28-36/h8-10,13-14,17-28,37,39H,11-12,15-16,29H2,1-7H3,(H-,43,44,52)/p+1/t37-,39-/m1/s1. The number of thiocarbonyl (C=S) groups is 1. The molecular formula is C42H52N4O4PS+. The zero-order valence-corrected chi connectivity index (χ0v) is 33.1. The third-order valence-electron chi connectivity index (χ3n) is 9.53. The zero-order chi connectivity index (χ0) is 37.3. The Hall–Kier alpha value is -4.46. The monoisotopic (exact) mass is 739 g/mol. The minimum absolute atomic E-state index is 0.0125. The molecule has 1 saturated carbocycles. The molecule has 0 saturated heterocycles. The van der Waals surface area contributed by atoms with E-state index in [0.717, 1.165) is 70.1 Å². The van der Waals surface area contributed by atoms with Crippen molar-refractivity contribution in [2.24, 2.45) is 10.2 Å². The lowest BCUT2D eigenvalue weighted by Crippen LogP contribution is -2.58. The predicted octanol–water partition coefficient (Wildman–Crippen LogP) is 6.84. The van der Waals surface area contributed by atoms with Gasteiger partial charge < -0.3 is 29.7 Å². The average Bonchev–Trinajstić information content (AvgIpc) is 3.16. The molecule has 0 aliphatic heterocycles. The van der Waals surface area contributed by atoms with Crippen molar-refractivity contribution in [3.8, 4) is 17.2 Å². The Bertz CT molecular complexity index is 1690.